The number of amides is 1. The first-order chi connectivity index (χ1) is 4.70. The molecule has 0 aliphatic heterocycles. The summed E-state index contributed by atoms with van der Waals surface area (Å²) in [6.07, 6.45) is 3.45. The number of carbonyl (C=O) groups is 1. The molecular weight excluding hydrogens is 148 g/mol. The summed E-state index contributed by atoms with van der Waals surface area (Å²) < 4.78 is 0. The summed E-state index contributed by atoms with van der Waals surface area (Å²) in [5, 5.41) is 0.539. The second kappa shape index (κ2) is 5.56. The highest BCUT2D eigenvalue weighted by Crippen LogP contribution is 2.10. The maximum Gasteiger partial charge on any atom is 0.233 e. The van der Waals surface area contributed by atoms with Crippen molar-refractivity contribution in [1.29, 1.82) is 0 Å². The lowest BCUT2D eigenvalue weighted by Gasteiger charge is -2.05. The molecule has 1 unspecified atom stereocenters. The van der Waals surface area contributed by atoms with Crippen LogP contribution in [0.15, 0.2) is 0 Å². The van der Waals surface area contributed by atoms with E-state index in [1.807, 2.05) is 6.26 Å². The van der Waals surface area contributed by atoms with E-state index in [1.54, 1.807) is 11.8 Å². The van der Waals surface area contributed by atoms with Crippen molar-refractivity contribution in [3.63, 3.8) is 0 Å². The largest absolute Gasteiger partial charge is 0.294 e. The molecule has 0 saturated carbocycles. The summed E-state index contributed by atoms with van der Waals surface area (Å²) in [6.45, 7) is 2.09. The molecule has 0 heterocycles. The minimum atomic E-state index is -0.0825. The van der Waals surface area contributed by atoms with Crippen LogP contribution in [-0.4, -0.2) is 17.4 Å². The van der Waals surface area contributed by atoms with Crippen molar-refractivity contribution in [1.82, 2.24) is 5.43 Å². The van der Waals surface area contributed by atoms with Gasteiger partial charge < -0.3 is 0 Å². The van der Waals surface area contributed by atoms with Crippen molar-refractivity contribution in [3.8, 4) is 0 Å². The number of rotatable bonds is 4. The first-order valence-electron chi connectivity index (χ1n) is 3.23. The Morgan fingerprint density at radius 1 is 1.80 bits per heavy atom. The van der Waals surface area contributed by atoms with Gasteiger partial charge in [0.05, 0.1) is 0 Å². The Bertz CT molecular complexity index is 108. The summed E-state index contributed by atoms with van der Waals surface area (Å²) in [7, 11) is 0. The van der Waals surface area contributed by atoms with Crippen LogP contribution in [0.5, 0.6) is 0 Å². The maximum absolute atomic E-state index is 10.6. The number of carbonyl (C=O) groups excluding carboxylic acids is 1. The zero-order chi connectivity index (χ0) is 7.98. The van der Waals surface area contributed by atoms with Gasteiger partial charge in [-0.15, -0.1) is 0 Å². The van der Waals surface area contributed by atoms with E-state index in [2.05, 4.69) is 12.3 Å². The Kier molecular flexibility index (Phi) is 5.43. The molecule has 10 heavy (non-hydrogen) atoms. The van der Waals surface area contributed by atoms with Crippen LogP contribution >= 0.6 is 11.8 Å². The lowest BCUT2D eigenvalue weighted by atomic mass is 10.2. The molecule has 0 rings (SSSR count). The third-order valence-electron chi connectivity index (χ3n) is 1.34. The van der Waals surface area contributed by atoms with Crippen LogP contribution in [0.3, 0.4) is 0 Å². The third-order valence-corrected chi connectivity index (χ3v) is 2.38. The molecule has 0 aliphatic carbocycles. The van der Waals surface area contributed by atoms with E-state index in [1.165, 1.54) is 0 Å². The lowest BCUT2D eigenvalue weighted by molar-refractivity contribution is -0.121. The van der Waals surface area contributed by atoms with E-state index in [0.29, 0.717) is 11.7 Å². The zero-order valence-electron chi connectivity index (χ0n) is 6.39. The SMILES string of the molecule is CSC(C)CCC(=O)NN. The van der Waals surface area contributed by atoms with E-state index in [0.717, 1.165) is 6.42 Å². The Labute approximate surface area is 65.7 Å². The summed E-state index contributed by atoms with van der Waals surface area (Å²) >= 11 is 1.76. The molecule has 3 N–H and O–H groups in total. The van der Waals surface area contributed by atoms with Crippen LogP contribution in [0.1, 0.15) is 19.8 Å². The Morgan fingerprint density at radius 3 is 2.80 bits per heavy atom. The molecule has 0 radical (unpaired) electrons. The topological polar surface area (TPSA) is 55.1 Å². The van der Waals surface area contributed by atoms with Crippen LogP contribution in [0.2, 0.25) is 0 Å². The molecule has 0 aromatic carbocycles. The van der Waals surface area contributed by atoms with Gasteiger partial charge in [0.2, 0.25) is 5.91 Å². The van der Waals surface area contributed by atoms with Crippen molar-refractivity contribution >= 4 is 17.7 Å². The van der Waals surface area contributed by atoms with Gasteiger partial charge in [-0.25, -0.2) is 5.84 Å². The van der Waals surface area contributed by atoms with Crippen LogP contribution in [-0.2, 0) is 4.79 Å². The Morgan fingerprint density at radius 2 is 2.40 bits per heavy atom. The van der Waals surface area contributed by atoms with Crippen LogP contribution < -0.4 is 11.3 Å². The fraction of sp³-hybridized carbons (Fsp3) is 0.833. The van der Waals surface area contributed by atoms with Crippen LogP contribution in [0.25, 0.3) is 0 Å². The van der Waals surface area contributed by atoms with E-state index >= 15 is 0 Å². The lowest BCUT2D eigenvalue weighted by Crippen LogP contribution is -2.30. The minimum absolute atomic E-state index is 0.0825. The number of hydrogen-bond acceptors (Lipinski definition) is 3. The fourth-order valence-corrected chi connectivity index (χ4v) is 0.878. The van der Waals surface area contributed by atoms with Gasteiger partial charge in [-0.3, -0.25) is 10.2 Å². The van der Waals surface area contributed by atoms with Crippen molar-refractivity contribution in [2.75, 3.05) is 6.26 Å². The molecule has 0 aromatic heterocycles. The van der Waals surface area contributed by atoms with Gasteiger partial charge in [0.1, 0.15) is 0 Å². The first-order valence-corrected chi connectivity index (χ1v) is 4.51. The predicted octanol–water partition coefficient (Wildman–Crippen LogP) is 0.508. The molecular formula is C6H14N2OS. The summed E-state index contributed by atoms with van der Waals surface area (Å²) in [5.41, 5.74) is 2.10. The first kappa shape index (κ1) is 9.78. The monoisotopic (exact) mass is 162 g/mol. The van der Waals surface area contributed by atoms with Gasteiger partial charge in [0, 0.05) is 11.7 Å². The van der Waals surface area contributed by atoms with Gasteiger partial charge in [-0.2, -0.15) is 11.8 Å². The van der Waals surface area contributed by atoms with Gasteiger partial charge >= 0.3 is 0 Å². The second-order valence-electron chi connectivity index (χ2n) is 2.15. The number of nitrogens with one attached hydrogen (secondary N) is 1. The maximum atomic E-state index is 10.6. The van der Waals surface area contributed by atoms with Crippen molar-refractivity contribution in [3.05, 3.63) is 0 Å². The van der Waals surface area contributed by atoms with Crippen LogP contribution in [0.4, 0.5) is 0 Å². The van der Waals surface area contributed by atoms with Crippen molar-refractivity contribution in [2.45, 2.75) is 25.0 Å². The molecule has 60 valence electrons. The average Bonchev–Trinajstić information content (AvgIpc) is 1.99. The predicted molar refractivity (Wildman–Crippen MR) is 44.5 cm³/mol. The number of thioether (sulfide) groups is 1. The van der Waals surface area contributed by atoms with E-state index in [-0.39, 0.29) is 5.91 Å². The molecule has 0 fully saturated rings. The fourth-order valence-electron chi connectivity index (χ4n) is 0.524. The van der Waals surface area contributed by atoms with E-state index in [9.17, 15) is 4.79 Å². The van der Waals surface area contributed by atoms with Crippen molar-refractivity contribution < 1.29 is 4.79 Å². The van der Waals surface area contributed by atoms with Crippen molar-refractivity contribution in [2.24, 2.45) is 5.84 Å². The molecule has 1 amide bonds. The molecule has 4 heteroatoms. The number of nitrogens with two attached hydrogens (primary N) is 1. The van der Waals surface area contributed by atoms with Gasteiger partial charge in [-0.1, -0.05) is 6.92 Å². The summed E-state index contributed by atoms with van der Waals surface area (Å²) in [5.74, 6) is 4.81. The summed E-state index contributed by atoms with van der Waals surface area (Å²) in [4.78, 5) is 10.6. The average molecular weight is 162 g/mol. The molecule has 0 aromatic rings. The van der Waals surface area contributed by atoms with E-state index in [4.69, 9.17) is 5.84 Å². The normalized spacial score (nSPS) is 12.7. The quantitative estimate of drug-likeness (QED) is 0.360. The minimum Gasteiger partial charge on any atom is -0.294 e. The molecule has 0 aliphatic rings. The highest BCUT2D eigenvalue weighted by atomic mass is 32.2. The molecule has 0 bridgehead atoms. The Balaban J connectivity index is 3.26. The smallest absolute Gasteiger partial charge is 0.233 e. The second-order valence-corrected chi connectivity index (χ2v) is 3.43. The van der Waals surface area contributed by atoms with Gasteiger partial charge in [0.15, 0.2) is 0 Å². The molecule has 3 nitrogen and oxygen atoms in total. The molecule has 0 saturated heterocycles. The molecule has 1 atom stereocenters. The van der Waals surface area contributed by atoms with E-state index < -0.39 is 0 Å². The van der Waals surface area contributed by atoms with Gasteiger partial charge in [0.25, 0.3) is 0 Å². The standard InChI is InChI=1S/C6H14N2OS/c1-5(10-2)3-4-6(9)8-7/h5H,3-4,7H2,1-2H3,(H,8,9). The zero-order valence-corrected chi connectivity index (χ0v) is 7.20. The molecule has 0 spiro atoms. The number of hydrogen-bond donors (Lipinski definition) is 2. The number of hydrazine groups is 1. The summed E-state index contributed by atoms with van der Waals surface area (Å²) in [6, 6.07) is 0. The van der Waals surface area contributed by atoms with Gasteiger partial charge in [-0.05, 0) is 12.7 Å². The van der Waals surface area contributed by atoms with Crippen LogP contribution in [0, 0.1) is 0 Å². The highest BCUT2D eigenvalue weighted by molar-refractivity contribution is 7.99. The Hall–Kier alpha value is -0.220. The third kappa shape index (κ3) is 4.64. The highest BCUT2D eigenvalue weighted by Gasteiger charge is 2.02.